The van der Waals surface area contributed by atoms with E-state index in [1.54, 1.807) is 24.2 Å². The normalized spacial score (nSPS) is 15.6. The van der Waals surface area contributed by atoms with E-state index in [0.29, 0.717) is 16.4 Å². The first-order valence-corrected chi connectivity index (χ1v) is 8.95. The van der Waals surface area contributed by atoms with Crippen LogP contribution in [0.4, 0.5) is 0 Å². The van der Waals surface area contributed by atoms with Crippen LogP contribution < -0.4 is 10.3 Å². The van der Waals surface area contributed by atoms with E-state index < -0.39 is 6.23 Å². The van der Waals surface area contributed by atoms with Crippen LogP contribution in [0.2, 0.25) is 0 Å². The van der Waals surface area contributed by atoms with Crippen molar-refractivity contribution >= 4 is 28.3 Å². The van der Waals surface area contributed by atoms with E-state index in [0.717, 1.165) is 11.3 Å². The Balaban J connectivity index is 1.90. The van der Waals surface area contributed by atoms with Crippen LogP contribution in [0.25, 0.3) is 0 Å². The summed E-state index contributed by atoms with van der Waals surface area (Å²) in [6.07, 6.45) is 0.648. The predicted molar refractivity (Wildman–Crippen MR) is 99.2 cm³/mol. The largest absolute Gasteiger partial charge is 0.483 e. The van der Waals surface area contributed by atoms with E-state index in [4.69, 9.17) is 17.0 Å². The molecule has 2 heterocycles. The van der Waals surface area contributed by atoms with E-state index in [-0.39, 0.29) is 17.9 Å². The quantitative estimate of drug-likeness (QED) is 0.824. The highest BCUT2D eigenvalue weighted by molar-refractivity contribution is 8.23. The number of nitrogens with zero attached hydrogens (tertiary/aromatic N) is 2. The van der Waals surface area contributed by atoms with Gasteiger partial charge in [-0.2, -0.15) is 0 Å². The molecule has 3 rings (SSSR count). The predicted octanol–water partition coefficient (Wildman–Crippen LogP) is 2.29. The molecular formula is C17H18N2O3S2. The molecule has 0 saturated carbocycles. The van der Waals surface area contributed by atoms with Crippen LogP contribution in [0.1, 0.15) is 17.4 Å². The number of aliphatic hydroxyl groups is 1. The molecule has 0 amide bonds. The maximum Gasteiger partial charge on any atom is 0.293 e. The Kier molecular flexibility index (Phi) is 5.23. The molecule has 0 aliphatic carbocycles. The standard InChI is InChI=1S/C17H18N2O3S2/c1-18-8-7-13(15(20)19-9-10-24-17(19)23)14(16(18)21)22-11-12-5-3-2-4-6-12/h2-8,15,20H,9-11H2,1H3. The first kappa shape index (κ1) is 17.0. The zero-order valence-electron chi connectivity index (χ0n) is 13.2. The fourth-order valence-electron chi connectivity index (χ4n) is 2.49. The number of pyridine rings is 1. The molecule has 5 nitrogen and oxygen atoms in total. The summed E-state index contributed by atoms with van der Waals surface area (Å²) in [5.74, 6) is 0.997. The lowest BCUT2D eigenvalue weighted by atomic mass is 10.2. The minimum absolute atomic E-state index is 0.163. The Morgan fingerprint density at radius 1 is 1.33 bits per heavy atom. The van der Waals surface area contributed by atoms with Gasteiger partial charge < -0.3 is 19.3 Å². The van der Waals surface area contributed by atoms with Crippen LogP contribution in [-0.4, -0.2) is 31.2 Å². The number of thioether (sulfide) groups is 1. The van der Waals surface area contributed by atoms with Crippen LogP contribution >= 0.6 is 24.0 Å². The third kappa shape index (κ3) is 3.48. The number of hydrogen-bond donors (Lipinski definition) is 1. The van der Waals surface area contributed by atoms with Crippen molar-refractivity contribution in [2.24, 2.45) is 7.05 Å². The van der Waals surface area contributed by atoms with Gasteiger partial charge >= 0.3 is 0 Å². The van der Waals surface area contributed by atoms with Crippen molar-refractivity contribution in [3.63, 3.8) is 0 Å². The molecule has 1 aliphatic heterocycles. The van der Waals surface area contributed by atoms with Gasteiger partial charge in [-0.1, -0.05) is 54.3 Å². The molecule has 1 atom stereocenters. The zero-order chi connectivity index (χ0) is 17.1. The fourth-order valence-corrected chi connectivity index (χ4v) is 3.75. The number of aliphatic hydroxyl groups excluding tert-OH is 1. The molecule has 1 N–H and O–H groups in total. The average Bonchev–Trinajstić information content (AvgIpc) is 3.02. The molecule has 24 heavy (non-hydrogen) atoms. The van der Waals surface area contributed by atoms with Crippen LogP contribution in [0.5, 0.6) is 5.75 Å². The summed E-state index contributed by atoms with van der Waals surface area (Å²) < 4.78 is 7.86. The van der Waals surface area contributed by atoms with Gasteiger partial charge in [0.25, 0.3) is 5.56 Å². The second-order valence-corrected chi connectivity index (χ2v) is 7.20. The van der Waals surface area contributed by atoms with Crippen molar-refractivity contribution in [2.75, 3.05) is 12.3 Å². The molecule has 7 heteroatoms. The second kappa shape index (κ2) is 7.38. The lowest BCUT2D eigenvalue weighted by Gasteiger charge is -2.25. The third-order valence-electron chi connectivity index (χ3n) is 3.85. The Labute approximate surface area is 149 Å². The molecule has 0 bridgehead atoms. The number of ether oxygens (including phenoxy) is 1. The number of benzene rings is 1. The van der Waals surface area contributed by atoms with E-state index in [1.165, 1.54) is 16.3 Å². The van der Waals surface area contributed by atoms with Gasteiger partial charge in [0.2, 0.25) is 0 Å². The summed E-state index contributed by atoms with van der Waals surface area (Å²) in [5, 5.41) is 10.7. The van der Waals surface area contributed by atoms with Gasteiger partial charge in [-0.25, -0.2) is 0 Å². The molecule has 1 unspecified atom stereocenters. The van der Waals surface area contributed by atoms with Crippen LogP contribution in [0.15, 0.2) is 47.4 Å². The van der Waals surface area contributed by atoms with Gasteiger partial charge in [0.05, 0.1) is 5.56 Å². The van der Waals surface area contributed by atoms with Crippen LogP contribution in [0, 0.1) is 0 Å². The van der Waals surface area contributed by atoms with Crippen LogP contribution in [-0.2, 0) is 13.7 Å². The Hall–Kier alpha value is -1.83. The third-order valence-corrected chi connectivity index (χ3v) is 5.30. The molecule has 1 aromatic heterocycles. The van der Waals surface area contributed by atoms with Crippen molar-refractivity contribution < 1.29 is 9.84 Å². The Morgan fingerprint density at radius 2 is 2.08 bits per heavy atom. The van der Waals surface area contributed by atoms with E-state index in [1.807, 2.05) is 30.3 Å². The van der Waals surface area contributed by atoms with E-state index in [9.17, 15) is 9.90 Å². The van der Waals surface area contributed by atoms with E-state index in [2.05, 4.69) is 0 Å². The van der Waals surface area contributed by atoms with Crippen molar-refractivity contribution in [1.29, 1.82) is 0 Å². The average molecular weight is 362 g/mol. The number of hydrogen-bond acceptors (Lipinski definition) is 5. The minimum Gasteiger partial charge on any atom is -0.483 e. The van der Waals surface area contributed by atoms with Crippen molar-refractivity contribution in [3.05, 3.63) is 64.1 Å². The van der Waals surface area contributed by atoms with Gasteiger partial charge in [0.1, 0.15) is 10.9 Å². The van der Waals surface area contributed by atoms with E-state index >= 15 is 0 Å². The number of thiocarbonyl (C=S) groups is 1. The summed E-state index contributed by atoms with van der Waals surface area (Å²) in [7, 11) is 1.66. The highest BCUT2D eigenvalue weighted by atomic mass is 32.2. The number of aryl methyl sites for hydroxylation is 1. The highest BCUT2D eigenvalue weighted by Gasteiger charge is 2.28. The Bertz CT molecular complexity index is 792. The lowest BCUT2D eigenvalue weighted by molar-refractivity contribution is 0.0587. The summed E-state index contributed by atoms with van der Waals surface area (Å²) in [6, 6.07) is 11.3. The molecule has 0 radical (unpaired) electrons. The molecular weight excluding hydrogens is 344 g/mol. The molecule has 126 valence electrons. The number of rotatable bonds is 5. The SMILES string of the molecule is Cn1ccc(C(O)N2CCSC2=S)c(OCc2ccccc2)c1=O. The lowest BCUT2D eigenvalue weighted by Crippen LogP contribution is -2.31. The first-order valence-electron chi connectivity index (χ1n) is 7.55. The van der Waals surface area contributed by atoms with Crippen LogP contribution in [0.3, 0.4) is 0 Å². The second-order valence-electron chi connectivity index (χ2n) is 5.47. The van der Waals surface area contributed by atoms with Gasteiger partial charge in [-0.15, -0.1) is 0 Å². The minimum atomic E-state index is -0.979. The maximum absolute atomic E-state index is 12.5. The topological polar surface area (TPSA) is 54.7 Å². The highest BCUT2D eigenvalue weighted by Crippen LogP contribution is 2.31. The van der Waals surface area contributed by atoms with Crippen molar-refractivity contribution in [3.8, 4) is 5.75 Å². The summed E-state index contributed by atoms with van der Waals surface area (Å²) in [6.45, 7) is 0.914. The molecule has 2 aromatic rings. The fraction of sp³-hybridized carbons (Fsp3) is 0.294. The first-order chi connectivity index (χ1) is 11.6. The van der Waals surface area contributed by atoms with Crippen molar-refractivity contribution in [2.45, 2.75) is 12.8 Å². The summed E-state index contributed by atoms with van der Waals surface area (Å²) >= 11 is 6.79. The molecule has 1 saturated heterocycles. The van der Waals surface area contributed by atoms with Gasteiger partial charge in [0.15, 0.2) is 12.0 Å². The molecule has 1 aliphatic rings. The van der Waals surface area contributed by atoms with Gasteiger partial charge in [0, 0.05) is 25.5 Å². The number of aromatic nitrogens is 1. The summed E-state index contributed by atoms with van der Waals surface area (Å²) in [5.41, 5.74) is 1.12. The van der Waals surface area contributed by atoms with Crippen molar-refractivity contribution in [1.82, 2.24) is 9.47 Å². The smallest absolute Gasteiger partial charge is 0.293 e. The maximum atomic E-state index is 12.5. The Morgan fingerprint density at radius 3 is 2.75 bits per heavy atom. The van der Waals surface area contributed by atoms with Gasteiger partial charge in [-0.3, -0.25) is 4.79 Å². The van der Waals surface area contributed by atoms with Gasteiger partial charge in [-0.05, 0) is 11.6 Å². The summed E-state index contributed by atoms with van der Waals surface area (Å²) in [4.78, 5) is 14.2. The molecule has 1 aromatic carbocycles. The monoisotopic (exact) mass is 362 g/mol. The zero-order valence-corrected chi connectivity index (χ0v) is 14.8. The molecule has 0 spiro atoms. The molecule has 1 fully saturated rings.